The second-order valence-electron chi connectivity index (χ2n) is 6.52. The molecule has 102 valence electrons. The van der Waals surface area contributed by atoms with Crippen LogP contribution in [0.4, 0.5) is 0 Å². The van der Waals surface area contributed by atoms with Gasteiger partial charge in [0, 0.05) is 25.2 Å². The Balaban J connectivity index is 1.57. The molecule has 2 heteroatoms. The smallest absolute Gasteiger partial charge is 0.0351 e. The lowest BCUT2D eigenvalue weighted by Crippen LogP contribution is -2.41. The van der Waals surface area contributed by atoms with Crippen molar-refractivity contribution in [2.24, 2.45) is 5.92 Å². The van der Waals surface area contributed by atoms with Gasteiger partial charge in [-0.2, -0.15) is 0 Å². The molecule has 1 aliphatic carbocycles. The number of piperidine rings is 1. The van der Waals surface area contributed by atoms with Crippen molar-refractivity contribution >= 4 is 0 Å². The maximum atomic E-state index is 3.73. The number of aryl methyl sites for hydroxylation is 1. The van der Waals surface area contributed by atoms with Gasteiger partial charge in [0.25, 0.3) is 0 Å². The van der Waals surface area contributed by atoms with E-state index in [2.05, 4.69) is 34.5 Å². The van der Waals surface area contributed by atoms with E-state index in [1.54, 1.807) is 11.1 Å². The van der Waals surface area contributed by atoms with Gasteiger partial charge in [-0.25, -0.2) is 0 Å². The summed E-state index contributed by atoms with van der Waals surface area (Å²) in [4.78, 5) is 2.77. The fraction of sp³-hybridized carbons (Fsp3) is 0.647. The first kappa shape index (κ1) is 11.9. The Morgan fingerprint density at radius 2 is 2.00 bits per heavy atom. The topological polar surface area (TPSA) is 15.3 Å². The van der Waals surface area contributed by atoms with Crippen molar-refractivity contribution in [2.75, 3.05) is 19.6 Å². The third-order valence-corrected chi connectivity index (χ3v) is 5.41. The highest BCUT2D eigenvalue weighted by atomic mass is 15.2. The van der Waals surface area contributed by atoms with E-state index in [1.165, 1.54) is 51.7 Å². The molecule has 4 rings (SSSR count). The van der Waals surface area contributed by atoms with Gasteiger partial charge >= 0.3 is 0 Å². The van der Waals surface area contributed by atoms with Crippen molar-refractivity contribution in [1.29, 1.82) is 0 Å². The third-order valence-electron chi connectivity index (χ3n) is 5.41. The highest BCUT2D eigenvalue weighted by molar-refractivity contribution is 5.32. The highest BCUT2D eigenvalue weighted by Gasteiger charge is 2.38. The van der Waals surface area contributed by atoms with Crippen molar-refractivity contribution < 1.29 is 0 Å². The van der Waals surface area contributed by atoms with Crippen LogP contribution < -0.4 is 5.32 Å². The molecule has 2 nitrogen and oxygen atoms in total. The summed E-state index contributed by atoms with van der Waals surface area (Å²) in [7, 11) is 0. The number of nitrogens with zero attached hydrogens (tertiary/aromatic N) is 1. The largest absolute Gasteiger partial charge is 0.312 e. The van der Waals surface area contributed by atoms with Crippen LogP contribution in [0.5, 0.6) is 0 Å². The van der Waals surface area contributed by atoms with Crippen molar-refractivity contribution in [3.05, 3.63) is 35.4 Å². The number of likely N-dealkylation sites (tertiary alicyclic amines) is 1. The van der Waals surface area contributed by atoms with Gasteiger partial charge in [-0.15, -0.1) is 0 Å². The SMILES string of the molecule is c1ccc2c(c1)CCCC2N1C[C@@H]2CCCN[C@@H]2C1. The van der Waals surface area contributed by atoms with Crippen molar-refractivity contribution in [3.8, 4) is 0 Å². The summed E-state index contributed by atoms with van der Waals surface area (Å²) in [6, 6.07) is 10.6. The average molecular weight is 256 g/mol. The molecule has 2 fully saturated rings. The maximum absolute atomic E-state index is 3.73. The zero-order chi connectivity index (χ0) is 12.7. The number of hydrogen-bond donors (Lipinski definition) is 1. The van der Waals surface area contributed by atoms with E-state index in [0.717, 1.165) is 12.0 Å². The summed E-state index contributed by atoms with van der Waals surface area (Å²) < 4.78 is 0. The molecule has 3 atom stereocenters. The molecule has 0 radical (unpaired) electrons. The molecule has 3 aliphatic rings. The van der Waals surface area contributed by atoms with E-state index in [4.69, 9.17) is 0 Å². The molecule has 1 unspecified atom stereocenters. The minimum atomic E-state index is 0.692. The lowest BCUT2D eigenvalue weighted by Gasteiger charge is -2.33. The fourth-order valence-electron chi connectivity index (χ4n) is 4.44. The Labute approximate surface area is 116 Å². The first-order valence-electron chi connectivity index (χ1n) is 7.97. The molecular formula is C17H24N2. The normalized spacial score (nSPS) is 34.8. The van der Waals surface area contributed by atoms with Crippen LogP contribution in [0, 0.1) is 5.92 Å². The van der Waals surface area contributed by atoms with Crippen LogP contribution in [0.2, 0.25) is 0 Å². The van der Waals surface area contributed by atoms with Gasteiger partial charge in [-0.05, 0) is 55.7 Å². The number of benzene rings is 1. The van der Waals surface area contributed by atoms with Crippen LogP contribution >= 0.6 is 0 Å². The van der Waals surface area contributed by atoms with Gasteiger partial charge in [0.2, 0.25) is 0 Å². The monoisotopic (exact) mass is 256 g/mol. The Kier molecular flexibility index (Phi) is 3.08. The molecule has 1 aromatic carbocycles. The van der Waals surface area contributed by atoms with E-state index in [0.29, 0.717) is 6.04 Å². The molecule has 1 aromatic rings. The minimum absolute atomic E-state index is 0.692. The Morgan fingerprint density at radius 3 is 2.95 bits per heavy atom. The fourth-order valence-corrected chi connectivity index (χ4v) is 4.44. The van der Waals surface area contributed by atoms with Crippen molar-refractivity contribution in [1.82, 2.24) is 10.2 Å². The van der Waals surface area contributed by atoms with Crippen LogP contribution in [-0.2, 0) is 6.42 Å². The molecule has 2 heterocycles. The second kappa shape index (κ2) is 4.92. The molecule has 0 aromatic heterocycles. The first-order chi connectivity index (χ1) is 9.42. The van der Waals surface area contributed by atoms with Crippen molar-refractivity contribution in [3.63, 3.8) is 0 Å². The molecule has 2 aliphatic heterocycles. The van der Waals surface area contributed by atoms with Crippen LogP contribution in [0.25, 0.3) is 0 Å². The van der Waals surface area contributed by atoms with Crippen molar-refractivity contribution in [2.45, 2.75) is 44.2 Å². The van der Waals surface area contributed by atoms with Gasteiger partial charge in [0.1, 0.15) is 0 Å². The lowest BCUT2D eigenvalue weighted by molar-refractivity contribution is 0.212. The Bertz CT molecular complexity index is 442. The Morgan fingerprint density at radius 1 is 1.05 bits per heavy atom. The average Bonchev–Trinajstić information content (AvgIpc) is 2.90. The van der Waals surface area contributed by atoms with Crippen LogP contribution in [0.1, 0.15) is 42.9 Å². The predicted octanol–water partition coefficient (Wildman–Crippen LogP) is 2.75. The molecule has 0 spiro atoms. The quantitative estimate of drug-likeness (QED) is 0.831. The first-order valence-corrected chi connectivity index (χ1v) is 7.97. The zero-order valence-corrected chi connectivity index (χ0v) is 11.6. The van der Waals surface area contributed by atoms with E-state index < -0.39 is 0 Å². The zero-order valence-electron chi connectivity index (χ0n) is 11.6. The number of fused-ring (bicyclic) bond motifs is 2. The van der Waals surface area contributed by atoms with Gasteiger partial charge in [-0.1, -0.05) is 24.3 Å². The number of nitrogens with one attached hydrogen (secondary N) is 1. The maximum Gasteiger partial charge on any atom is 0.0351 e. The molecular weight excluding hydrogens is 232 g/mol. The lowest BCUT2D eigenvalue weighted by atomic mass is 9.87. The van der Waals surface area contributed by atoms with E-state index in [-0.39, 0.29) is 0 Å². The molecule has 0 saturated carbocycles. The summed E-state index contributed by atoms with van der Waals surface area (Å²) in [5.41, 5.74) is 3.22. The van der Waals surface area contributed by atoms with Gasteiger partial charge < -0.3 is 5.32 Å². The molecule has 19 heavy (non-hydrogen) atoms. The predicted molar refractivity (Wildman–Crippen MR) is 78.2 cm³/mol. The minimum Gasteiger partial charge on any atom is -0.312 e. The van der Waals surface area contributed by atoms with Crippen LogP contribution in [0.15, 0.2) is 24.3 Å². The van der Waals surface area contributed by atoms with E-state index in [1.807, 2.05) is 0 Å². The number of hydrogen-bond acceptors (Lipinski definition) is 2. The third kappa shape index (κ3) is 2.11. The molecule has 0 amide bonds. The Hall–Kier alpha value is -0.860. The number of rotatable bonds is 1. The van der Waals surface area contributed by atoms with Crippen LogP contribution in [0.3, 0.4) is 0 Å². The van der Waals surface area contributed by atoms with Gasteiger partial charge in [0.05, 0.1) is 0 Å². The summed E-state index contributed by atoms with van der Waals surface area (Å²) in [5.74, 6) is 0.905. The van der Waals surface area contributed by atoms with E-state index in [9.17, 15) is 0 Å². The molecule has 2 saturated heterocycles. The second-order valence-corrected chi connectivity index (χ2v) is 6.52. The van der Waals surface area contributed by atoms with E-state index >= 15 is 0 Å². The van der Waals surface area contributed by atoms with Gasteiger partial charge in [-0.3, -0.25) is 4.90 Å². The van der Waals surface area contributed by atoms with Gasteiger partial charge in [0.15, 0.2) is 0 Å². The summed E-state index contributed by atoms with van der Waals surface area (Å²) in [6.45, 7) is 3.82. The standard InChI is InChI=1S/C17H24N2/c1-2-8-15-13(5-1)6-3-9-17(15)19-11-14-7-4-10-18-16(14)12-19/h1-2,5,8,14,16-18H,3-4,6-7,9-12H2/t14-,16+,17?/m0/s1. The molecule has 0 bridgehead atoms. The summed E-state index contributed by atoms with van der Waals surface area (Å²) in [6.07, 6.45) is 6.81. The van der Waals surface area contributed by atoms with Crippen LogP contribution in [-0.4, -0.2) is 30.6 Å². The molecule has 1 N–H and O–H groups in total. The summed E-state index contributed by atoms with van der Waals surface area (Å²) in [5, 5.41) is 3.73. The highest BCUT2D eigenvalue weighted by Crippen LogP contribution is 2.38. The summed E-state index contributed by atoms with van der Waals surface area (Å²) >= 11 is 0.